The summed E-state index contributed by atoms with van der Waals surface area (Å²) in [6.45, 7) is 0. The quantitative estimate of drug-likeness (QED) is 0.813. The maximum absolute atomic E-state index is 5.32. The summed E-state index contributed by atoms with van der Waals surface area (Å²) in [6, 6.07) is 8.46. The highest BCUT2D eigenvalue weighted by molar-refractivity contribution is 7.80. The molecule has 1 aromatic rings. The molecule has 1 aliphatic carbocycles. The zero-order valence-corrected chi connectivity index (χ0v) is 10.4. The monoisotopic (exact) mass is 236 g/mol. The van der Waals surface area contributed by atoms with Gasteiger partial charge in [0.05, 0.1) is 7.11 Å². The Morgan fingerprint density at radius 1 is 1.38 bits per heavy atom. The maximum Gasteiger partial charge on any atom is 0.173 e. The van der Waals surface area contributed by atoms with Crippen molar-refractivity contribution >= 4 is 23.0 Å². The summed E-state index contributed by atoms with van der Waals surface area (Å²) in [5.41, 5.74) is 1.07. The number of benzene rings is 1. The summed E-state index contributed by atoms with van der Waals surface area (Å²) >= 11 is 5.32. The number of hydrogen-bond acceptors (Lipinski definition) is 2. The Morgan fingerprint density at radius 3 is 2.50 bits per heavy atom. The van der Waals surface area contributed by atoms with Crippen LogP contribution in [0.4, 0.5) is 5.69 Å². The van der Waals surface area contributed by atoms with Crippen LogP contribution in [0.15, 0.2) is 24.3 Å². The molecule has 0 atom stereocenters. The lowest BCUT2D eigenvalue weighted by atomic mass is 10.3. The molecule has 1 saturated carbocycles. The lowest BCUT2D eigenvalue weighted by Gasteiger charge is -2.21. The first-order valence-electron chi connectivity index (χ1n) is 5.39. The summed E-state index contributed by atoms with van der Waals surface area (Å²) in [5.74, 6) is 0.859. The van der Waals surface area contributed by atoms with E-state index in [-0.39, 0.29) is 0 Å². The molecule has 1 aromatic carbocycles. The largest absolute Gasteiger partial charge is 0.497 e. The summed E-state index contributed by atoms with van der Waals surface area (Å²) in [4.78, 5) is 1.98. The molecule has 0 aromatic heterocycles. The number of hydrogen-bond donors (Lipinski definition) is 1. The second-order valence-corrected chi connectivity index (χ2v) is 4.37. The van der Waals surface area contributed by atoms with Crippen LogP contribution in [-0.2, 0) is 0 Å². The first-order chi connectivity index (χ1) is 7.70. The fraction of sp³-hybridized carbons (Fsp3) is 0.417. The average molecular weight is 236 g/mol. The van der Waals surface area contributed by atoms with E-state index in [9.17, 15) is 0 Å². The van der Waals surface area contributed by atoms with Crippen LogP contribution in [0.3, 0.4) is 0 Å². The van der Waals surface area contributed by atoms with E-state index in [1.165, 1.54) is 12.8 Å². The van der Waals surface area contributed by atoms with Gasteiger partial charge in [0.2, 0.25) is 0 Å². The molecule has 0 unspecified atom stereocenters. The van der Waals surface area contributed by atoms with Gasteiger partial charge >= 0.3 is 0 Å². The molecule has 4 heteroatoms. The third kappa shape index (κ3) is 2.64. The normalized spacial score (nSPS) is 14.4. The number of thiocarbonyl (C=S) groups is 1. The second-order valence-electron chi connectivity index (χ2n) is 3.98. The summed E-state index contributed by atoms with van der Waals surface area (Å²) in [6.07, 6.45) is 2.47. The summed E-state index contributed by atoms with van der Waals surface area (Å²) in [7, 11) is 3.64. The molecule has 0 amide bonds. The number of rotatable bonds is 3. The fourth-order valence-electron chi connectivity index (χ4n) is 1.42. The van der Waals surface area contributed by atoms with Crippen molar-refractivity contribution in [2.24, 2.45) is 0 Å². The van der Waals surface area contributed by atoms with Crippen molar-refractivity contribution in [1.82, 2.24) is 5.32 Å². The van der Waals surface area contributed by atoms with Gasteiger partial charge in [-0.25, -0.2) is 0 Å². The molecule has 1 aliphatic rings. The highest BCUT2D eigenvalue weighted by Crippen LogP contribution is 2.21. The first kappa shape index (κ1) is 11.2. The van der Waals surface area contributed by atoms with Crippen LogP contribution in [0.25, 0.3) is 0 Å². The molecule has 86 valence electrons. The van der Waals surface area contributed by atoms with Gasteiger partial charge in [0, 0.05) is 18.8 Å². The van der Waals surface area contributed by atoms with Crippen LogP contribution < -0.4 is 15.0 Å². The molecule has 2 rings (SSSR count). The number of anilines is 1. The minimum atomic E-state index is 0.591. The molecular weight excluding hydrogens is 220 g/mol. The molecule has 1 fully saturated rings. The second kappa shape index (κ2) is 4.70. The molecule has 0 bridgehead atoms. The molecule has 0 saturated heterocycles. The van der Waals surface area contributed by atoms with Crippen LogP contribution in [0.5, 0.6) is 5.75 Å². The molecule has 0 radical (unpaired) electrons. The van der Waals surface area contributed by atoms with Crippen LogP contribution in [0.2, 0.25) is 0 Å². The zero-order valence-electron chi connectivity index (χ0n) is 9.56. The lowest BCUT2D eigenvalue weighted by Crippen LogP contribution is -2.38. The van der Waals surface area contributed by atoms with Crippen LogP contribution in [0, 0.1) is 0 Å². The van der Waals surface area contributed by atoms with Gasteiger partial charge in [-0.3, -0.25) is 0 Å². The average Bonchev–Trinajstić information content (AvgIpc) is 3.12. The highest BCUT2D eigenvalue weighted by Gasteiger charge is 2.23. The maximum atomic E-state index is 5.32. The van der Waals surface area contributed by atoms with E-state index in [0.717, 1.165) is 16.5 Å². The van der Waals surface area contributed by atoms with Gasteiger partial charge in [-0.05, 0) is 49.3 Å². The minimum Gasteiger partial charge on any atom is -0.497 e. The Balaban J connectivity index is 2.00. The molecule has 3 nitrogen and oxygen atoms in total. The Morgan fingerprint density at radius 2 is 2.00 bits per heavy atom. The van der Waals surface area contributed by atoms with Gasteiger partial charge in [-0.2, -0.15) is 0 Å². The van der Waals surface area contributed by atoms with Gasteiger partial charge in [0.15, 0.2) is 5.11 Å². The topological polar surface area (TPSA) is 24.5 Å². The predicted octanol–water partition coefficient (Wildman–Crippen LogP) is 2.17. The highest BCUT2D eigenvalue weighted by atomic mass is 32.1. The van der Waals surface area contributed by atoms with Crippen molar-refractivity contribution in [3.8, 4) is 5.75 Å². The zero-order chi connectivity index (χ0) is 11.5. The van der Waals surface area contributed by atoms with E-state index in [2.05, 4.69) is 5.32 Å². The van der Waals surface area contributed by atoms with Crippen LogP contribution in [-0.4, -0.2) is 25.3 Å². The van der Waals surface area contributed by atoms with Gasteiger partial charge in [-0.1, -0.05) is 0 Å². The van der Waals surface area contributed by atoms with E-state index in [4.69, 9.17) is 17.0 Å². The van der Waals surface area contributed by atoms with Gasteiger partial charge in [0.1, 0.15) is 5.75 Å². The molecule has 0 aliphatic heterocycles. The van der Waals surface area contributed by atoms with Gasteiger partial charge in [-0.15, -0.1) is 0 Å². The van der Waals surface area contributed by atoms with E-state index < -0.39 is 0 Å². The predicted molar refractivity (Wildman–Crippen MR) is 70.2 cm³/mol. The third-order valence-corrected chi connectivity index (χ3v) is 3.06. The van der Waals surface area contributed by atoms with Gasteiger partial charge in [0.25, 0.3) is 0 Å². The van der Waals surface area contributed by atoms with Crippen molar-refractivity contribution in [3.05, 3.63) is 24.3 Å². The molecular formula is C12H16N2OS. The smallest absolute Gasteiger partial charge is 0.173 e. The Hall–Kier alpha value is -1.29. The van der Waals surface area contributed by atoms with Crippen LogP contribution >= 0.6 is 12.2 Å². The fourth-order valence-corrected chi connectivity index (χ4v) is 1.69. The summed E-state index contributed by atoms with van der Waals surface area (Å²) < 4.78 is 5.12. The molecule has 0 spiro atoms. The molecule has 0 heterocycles. The van der Waals surface area contributed by atoms with E-state index in [1.807, 2.05) is 36.2 Å². The first-order valence-corrected chi connectivity index (χ1v) is 5.80. The number of nitrogens with zero attached hydrogens (tertiary/aromatic N) is 1. The van der Waals surface area contributed by atoms with Crippen molar-refractivity contribution < 1.29 is 4.74 Å². The van der Waals surface area contributed by atoms with Crippen LogP contribution in [0.1, 0.15) is 12.8 Å². The van der Waals surface area contributed by atoms with E-state index in [0.29, 0.717) is 6.04 Å². The van der Waals surface area contributed by atoms with E-state index >= 15 is 0 Å². The van der Waals surface area contributed by atoms with Crippen molar-refractivity contribution in [2.45, 2.75) is 18.9 Å². The Labute approximate surface area is 101 Å². The summed E-state index contributed by atoms with van der Waals surface area (Å²) in [5, 5.41) is 4.09. The number of methoxy groups -OCH3 is 1. The van der Waals surface area contributed by atoms with Crippen molar-refractivity contribution in [1.29, 1.82) is 0 Å². The molecule has 16 heavy (non-hydrogen) atoms. The number of ether oxygens (including phenoxy) is 1. The number of nitrogens with one attached hydrogen (secondary N) is 1. The Kier molecular flexibility index (Phi) is 3.29. The van der Waals surface area contributed by atoms with E-state index in [1.54, 1.807) is 7.11 Å². The third-order valence-electron chi connectivity index (χ3n) is 2.67. The minimum absolute atomic E-state index is 0.591. The molecule has 1 N–H and O–H groups in total. The lowest BCUT2D eigenvalue weighted by molar-refractivity contribution is 0.415. The van der Waals surface area contributed by atoms with Crippen molar-refractivity contribution in [2.75, 3.05) is 19.1 Å². The standard InChI is InChI=1S/C12H16N2OS/c1-14(12(16)13-9-3-4-9)10-5-7-11(15-2)8-6-10/h5-9H,3-4H2,1-2H3,(H,13,16). The SMILES string of the molecule is COc1ccc(N(C)C(=S)NC2CC2)cc1. The Bertz CT molecular complexity index is 373. The van der Waals surface area contributed by atoms with Crippen molar-refractivity contribution in [3.63, 3.8) is 0 Å². The van der Waals surface area contributed by atoms with Gasteiger partial charge < -0.3 is 15.0 Å².